The molecule has 0 saturated heterocycles. The second-order valence-electron chi connectivity index (χ2n) is 1.93. The van der Waals surface area contributed by atoms with Crippen molar-refractivity contribution in [3.63, 3.8) is 0 Å². The predicted octanol–water partition coefficient (Wildman–Crippen LogP) is 3.81. The van der Waals surface area contributed by atoms with Crippen LogP contribution in [0.2, 0.25) is 0 Å². The monoisotopic (exact) mass is 155 g/mol. The Bertz CT molecular complexity index is 93.0. The molecule has 0 aliphatic rings. The van der Waals surface area contributed by atoms with E-state index in [1.807, 2.05) is 27.0 Å². The molecule has 0 aromatic rings. The van der Waals surface area contributed by atoms with E-state index in [-0.39, 0.29) is 0 Å². The number of rotatable bonds is 4. The molecule has 0 unspecified atom stereocenters. The highest BCUT2D eigenvalue weighted by Crippen LogP contribution is 1.94. The SMILES string of the molecule is CC.CC=N/C=C\CCCC. The highest BCUT2D eigenvalue weighted by molar-refractivity contribution is 5.54. The number of hydrogen-bond donors (Lipinski definition) is 0. The van der Waals surface area contributed by atoms with Crippen LogP contribution in [-0.4, -0.2) is 6.21 Å². The molecule has 0 bridgehead atoms. The van der Waals surface area contributed by atoms with Crippen molar-refractivity contribution < 1.29 is 0 Å². The molecule has 66 valence electrons. The number of nitrogens with zero attached hydrogens (tertiary/aromatic N) is 1. The molecule has 0 atom stereocenters. The lowest BCUT2D eigenvalue weighted by Gasteiger charge is -1.84. The van der Waals surface area contributed by atoms with E-state index in [1.165, 1.54) is 12.8 Å². The van der Waals surface area contributed by atoms with E-state index in [0.29, 0.717) is 0 Å². The second kappa shape index (κ2) is 16.2. The van der Waals surface area contributed by atoms with Gasteiger partial charge in [0, 0.05) is 12.4 Å². The molecule has 0 aromatic carbocycles. The highest BCUT2D eigenvalue weighted by Gasteiger charge is 1.74. The van der Waals surface area contributed by atoms with Crippen LogP contribution in [0.1, 0.15) is 47.0 Å². The van der Waals surface area contributed by atoms with E-state index in [1.54, 1.807) is 6.21 Å². The predicted molar refractivity (Wildman–Crippen MR) is 54.2 cm³/mol. The van der Waals surface area contributed by atoms with E-state index >= 15 is 0 Å². The lowest BCUT2D eigenvalue weighted by Crippen LogP contribution is -1.65. The summed E-state index contributed by atoms with van der Waals surface area (Å²) in [5.74, 6) is 0. The summed E-state index contributed by atoms with van der Waals surface area (Å²) in [7, 11) is 0. The Balaban J connectivity index is 0. The van der Waals surface area contributed by atoms with Crippen molar-refractivity contribution in [3.05, 3.63) is 12.3 Å². The molecule has 1 heteroatoms. The first-order valence-corrected chi connectivity index (χ1v) is 4.54. The molecule has 0 heterocycles. The topological polar surface area (TPSA) is 12.4 Å². The summed E-state index contributed by atoms with van der Waals surface area (Å²) in [6.45, 7) is 8.11. The minimum Gasteiger partial charge on any atom is -0.270 e. The summed E-state index contributed by atoms with van der Waals surface area (Å²) in [6, 6.07) is 0. The lowest BCUT2D eigenvalue weighted by atomic mass is 10.2. The lowest BCUT2D eigenvalue weighted by molar-refractivity contribution is 0.814. The summed E-state index contributed by atoms with van der Waals surface area (Å²) in [5.41, 5.74) is 0. The number of hydrogen-bond acceptors (Lipinski definition) is 1. The van der Waals surface area contributed by atoms with Crippen LogP contribution < -0.4 is 0 Å². The van der Waals surface area contributed by atoms with E-state index in [0.717, 1.165) is 6.42 Å². The molecule has 0 rings (SSSR count). The zero-order chi connectivity index (χ0) is 8.95. The van der Waals surface area contributed by atoms with Crippen LogP contribution in [0.25, 0.3) is 0 Å². The van der Waals surface area contributed by atoms with Crippen molar-refractivity contribution in [2.45, 2.75) is 47.0 Å². The first-order valence-electron chi connectivity index (χ1n) is 4.54. The molecule has 1 nitrogen and oxygen atoms in total. The normalized spacial score (nSPS) is 10.2. The average Bonchev–Trinajstić information content (AvgIpc) is 2.08. The van der Waals surface area contributed by atoms with Gasteiger partial charge in [0.25, 0.3) is 0 Å². The van der Waals surface area contributed by atoms with Crippen LogP contribution in [0.4, 0.5) is 0 Å². The number of allylic oxidation sites excluding steroid dienone is 1. The van der Waals surface area contributed by atoms with Crippen LogP contribution in [0.5, 0.6) is 0 Å². The van der Waals surface area contributed by atoms with Crippen molar-refractivity contribution >= 4 is 6.21 Å². The van der Waals surface area contributed by atoms with Gasteiger partial charge in [-0.25, -0.2) is 0 Å². The van der Waals surface area contributed by atoms with Gasteiger partial charge in [-0.1, -0.05) is 39.7 Å². The molecular weight excluding hydrogens is 134 g/mol. The summed E-state index contributed by atoms with van der Waals surface area (Å²) in [5, 5.41) is 0. The zero-order valence-electron chi connectivity index (χ0n) is 8.30. The fourth-order valence-corrected chi connectivity index (χ4v) is 0.543. The van der Waals surface area contributed by atoms with Gasteiger partial charge in [-0.3, -0.25) is 4.99 Å². The molecular formula is C10H21N. The Morgan fingerprint density at radius 1 is 1.27 bits per heavy atom. The largest absolute Gasteiger partial charge is 0.270 e. The molecule has 0 aliphatic heterocycles. The van der Waals surface area contributed by atoms with Crippen molar-refractivity contribution in [1.82, 2.24) is 0 Å². The number of aliphatic imine (C=N–C) groups is 1. The molecule has 11 heavy (non-hydrogen) atoms. The standard InChI is InChI=1S/C8H15N.C2H6/c1-3-5-6-7-8-9-4-2;1-2/h4,7-8H,3,5-6H2,1-2H3;1-2H3/b8-7-,9-4?;. The molecule has 0 aromatic heterocycles. The van der Waals surface area contributed by atoms with Crippen LogP contribution in [0.15, 0.2) is 17.3 Å². The van der Waals surface area contributed by atoms with Gasteiger partial charge < -0.3 is 0 Å². The quantitative estimate of drug-likeness (QED) is 0.432. The highest BCUT2D eigenvalue weighted by atomic mass is 14.6. The Morgan fingerprint density at radius 2 is 1.91 bits per heavy atom. The molecule has 0 N–H and O–H groups in total. The van der Waals surface area contributed by atoms with Crippen LogP contribution in [0, 0.1) is 0 Å². The van der Waals surface area contributed by atoms with Gasteiger partial charge in [-0.05, 0) is 13.3 Å². The van der Waals surface area contributed by atoms with Gasteiger partial charge in [0.2, 0.25) is 0 Å². The third kappa shape index (κ3) is 17.7. The maximum absolute atomic E-state index is 3.94. The molecule has 0 fully saturated rings. The summed E-state index contributed by atoms with van der Waals surface area (Å²) in [6.07, 6.45) is 9.45. The minimum absolute atomic E-state index is 1.16. The Kier molecular flexibility index (Phi) is 19.2. The van der Waals surface area contributed by atoms with E-state index in [2.05, 4.69) is 18.0 Å². The molecule has 0 saturated carbocycles. The van der Waals surface area contributed by atoms with E-state index in [9.17, 15) is 0 Å². The molecule has 0 amide bonds. The van der Waals surface area contributed by atoms with Gasteiger partial charge in [0.1, 0.15) is 0 Å². The summed E-state index contributed by atoms with van der Waals surface area (Å²) in [4.78, 5) is 3.94. The van der Waals surface area contributed by atoms with Gasteiger partial charge >= 0.3 is 0 Å². The summed E-state index contributed by atoms with van der Waals surface area (Å²) >= 11 is 0. The molecule has 0 radical (unpaired) electrons. The van der Waals surface area contributed by atoms with E-state index in [4.69, 9.17) is 0 Å². The van der Waals surface area contributed by atoms with E-state index < -0.39 is 0 Å². The first kappa shape index (κ1) is 13.0. The van der Waals surface area contributed by atoms with Gasteiger partial charge in [0.05, 0.1) is 0 Å². The Labute approximate surface area is 71.2 Å². The fraction of sp³-hybridized carbons (Fsp3) is 0.700. The van der Waals surface area contributed by atoms with Crippen LogP contribution >= 0.6 is 0 Å². The maximum Gasteiger partial charge on any atom is 0.0223 e. The Hall–Kier alpha value is -0.590. The summed E-state index contributed by atoms with van der Waals surface area (Å²) < 4.78 is 0. The molecule has 0 spiro atoms. The van der Waals surface area contributed by atoms with Crippen LogP contribution in [0.3, 0.4) is 0 Å². The number of unbranched alkanes of at least 4 members (excludes halogenated alkanes) is 2. The third-order valence-corrected chi connectivity index (χ3v) is 1.06. The van der Waals surface area contributed by atoms with Crippen molar-refractivity contribution in [2.24, 2.45) is 4.99 Å². The average molecular weight is 155 g/mol. The third-order valence-electron chi connectivity index (χ3n) is 1.06. The Morgan fingerprint density at radius 3 is 2.36 bits per heavy atom. The second-order valence-corrected chi connectivity index (χ2v) is 1.93. The first-order chi connectivity index (χ1) is 5.41. The minimum atomic E-state index is 1.16. The molecule has 0 aliphatic carbocycles. The smallest absolute Gasteiger partial charge is 0.0223 e. The van der Waals surface area contributed by atoms with Crippen molar-refractivity contribution in [2.75, 3.05) is 0 Å². The maximum atomic E-state index is 3.94. The van der Waals surface area contributed by atoms with Gasteiger partial charge in [-0.2, -0.15) is 0 Å². The van der Waals surface area contributed by atoms with Crippen molar-refractivity contribution in [3.8, 4) is 0 Å². The zero-order valence-corrected chi connectivity index (χ0v) is 8.30. The van der Waals surface area contributed by atoms with Gasteiger partial charge in [-0.15, -0.1) is 0 Å². The van der Waals surface area contributed by atoms with Crippen molar-refractivity contribution in [1.29, 1.82) is 0 Å². The van der Waals surface area contributed by atoms with Crippen LogP contribution in [-0.2, 0) is 0 Å². The van der Waals surface area contributed by atoms with Gasteiger partial charge in [0.15, 0.2) is 0 Å². The fourth-order valence-electron chi connectivity index (χ4n) is 0.543.